The fourth-order valence-corrected chi connectivity index (χ4v) is 8.26. The molecule has 0 radical (unpaired) electrons. The Morgan fingerprint density at radius 3 is 1.88 bits per heavy atom. The van der Waals surface area contributed by atoms with Gasteiger partial charge in [0.1, 0.15) is 0 Å². The van der Waals surface area contributed by atoms with Crippen LogP contribution in [0, 0.1) is 0 Å². The molecule has 1 unspecified atom stereocenters. The lowest BCUT2D eigenvalue weighted by molar-refractivity contribution is 0.802. The molecule has 1 heterocycles. The number of benzene rings is 8. The van der Waals surface area contributed by atoms with Crippen molar-refractivity contribution in [2.45, 2.75) is 12.5 Å². The van der Waals surface area contributed by atoms with E-state index in [1.165, 1.54) is 71.3 Å². The fraction of sp³-hybridized carbons (Fsp3) is 0.0400. The minimum Gasteiger partial charge on any atom is -0.334 e. The van der Waals surface area contributed by atoms with Crippen LogP contribution in [0.15, 0.2) is 200 Å². The van der Waals surface area contributed by atoms with Gasteiger partial charge in [-0.25, -0.2) is 0 Å². The summed E-state index contributed by atoms with van der Waals surface area (Å²) >= 11 is 0. The van der Waals surface area contributed by atoms with E-state index in [4.69, 9.17) is 0 Å². The third-order valence-electron chi connectivity index (χ3n) is 10.7. The smallest absolute Gasteiger partial charge is 0.0631 e. The van der Waals surface area contributed by atoms with Gasteiger partial charge in [0.25, 0.3) is 0 Å². The van der Waals surface area contributed by atoms with Crippen molar-refractivity contribution in [3.8, 4) is 16.8 Å². The standard InChI is InChI=1S/C50H36N2/c1-2-13-36(14-3-1)45-20-8-10-23-48(45)51(40-27-25-37(26-28-40)44-22-12-18-35-15-6-7-19-43(35)44)41-29-31-42(32-30-41)52-49-24-11-9-21-46(49)47-33-38-16-4-5-17-39(38)34-50(47)52/h1-22,24-34,48H,23H2. The number of aromatic nitrogens is 1. The lowest BCUT2D eigenvalue weighted by Gasteiger charge is -2.36. The number of nitrogens with zero attached hydrogens (tertiary/aromatic N) is 2. The number of anilines is 2. The van der Waals surface area contributed by atoms with Crippen LogP contribution in [0.3, 0.4) is 0 Å². The van der Waals surface area contributed by atoms with Gasteiger partial charge in [-0.3, -0.25) is 0 Å². The summed E-state index contributed by atoms with van der Waals surface area (Å²) in [5.41, 5.74) is 11.0. The molecule has 2 nitrogen and oxygen atoms in total. The summed E-state index contributed by atoms with van der Waals surface area (Å²) in [5.74, 6) is 0. The molecule has 1 aliphatic rings. The van der Waals surface area contributed by atoms with Crippen molar-refractivity contribution in [3.05, 3.63) is 206 Å². The molecule has 0 aliphatic heterocycles. The molecule has 0 spiro atoms. The molecule has 1 aliphatic carbocycles. The van der Waals surface area contributed by atoms with Gasteiger partial charge >= 0.3 is 0 Å². The molecular weight excluding hydrogens is 629 g/mol. The summed E-state index contributed by atoms with van der Waals surface area (Å²) < 4.78 is 2.42. The molecule has 10 rings (SSSR count). The van der Waals surface area contributed by atoms with Gasteiger partial charge in [-0.15, -0.1) is 0 Å². The van der Waals surface area contributed by atoms with Crippen LogP contribution in [0.25, 0.3) is 65.7 Å². The monoisotopic (exact) mass is 664 g/mol. The maximum Gasteiger partial charge on any atom is 0.0631 e. The van der Waals surface area contributed by atoms with Crippen LogP contribution >= 0.6 is 0 Å². The van der Waals surface area contributed by atoms with Crippen LogP contribution in [0.2, 0.25) is 0 Å². The van der Waals surface area contributed by atoms with Crippen molar-refractivity contribution < 1.29 is 0 Å². The summed E-state index contributed by atoms with van der Waals surface area (Å²) in [6.07, 6.45) is 7.70. The molecule has 246 valence electrons. The highest BCUT2D eigenvalue weighted by atomic mass is 15.2. The molecule has 0 amide bonds. The van der Waals surface area contributed by atoms with Crippen LogP contribution in [-0.2, 0) is 0 Å². The van der Waals surface area contributed by atoms with Crippen molar-refractivity contribution in [3.63, 3.8) is 0 Å². The highest BCUT2D eigenvalue weighted by molar-refractivity contribution is 6.13. The van der Waals surface area contributed by atoms with Crippen LogP contribution in [-0.4, -0.2) is 10.6 Å². The number of fused-ring (bicyclic) bond motifs is 5. The molecule has 9 aromatic rings. The number of rotatable bonds is 6. The normalized spacial score (nSPS) is 14.3. The molecule has 0 bridgehead atoms. The maximum absolute atomic E-state index is 2.53. The topological polar surface area (TPSA) is 8.17 Å². The van der Waals surface area contributed by atoms with Crippen LogP contribution in [0.1, 0.15) is 12.0 Å². The van der Waals surface area contributed by atoms with E-state index in [0.717, 1.165) is 17.8 Å². The van der Waals surface area contributed by atoms with Gasteiger partial charge < -0.3 is 9.47 Å². The zero-order valence-electron chi connectivity index (χ0n) is 28.7. The lowest BCUT2D eigenvalue weighted by Crippen LogP contribution is -2.33. The van der Waals surface area contributed by atoms with Crippen molar-refractivity contribution in [2.75, 3.05) is 4.90 Å². The molecule has 0 saturated heterocycles. The Hall–Kier alpha value is -6.64. The van der Waals surface area contributed by atoms with Gasteiger partial charge in [-0.2, -0.15) is 0 Å². The average molecular weight is 665 g/mol. The van der Waals surface area contributed by atoms with Crippen molar-refractivity contribution in [1.29, 1.82) is 0 Å². The molecule has 8 aromatic carbocycles. The van der Waals surface area contributed by atoms with Crippen LogP contribution in [0.4, 0.5) is 11.4 Å². The SMILES string of the molecule is C1=CCC(N(c2ccc(-c3cccc4ccccc34)cc2)c2ccc(-n3c4ccccc4c4cc5ccccc5cc43)cc2)C(c2ccccc2)=C1. The van der Waals surface area contributed by atoms with E-state index < -0.39 is 0 Å². The quantitative estimate of drug-likeness (QED) is 0.172. The Balaban J connectivity index is 1.10. The Bertz CT molecular complexity index is 2800. The Morgan fingerprint density at radius 1 is 0.462 bits per heavy atom. The van der Waals surface area contributed by atoms with E-state index >= 15 is 0 Å². The van der Waals surface area contributed by atoms with Crippen LogP contribution < -0.4 is 4.90 Å². The maximum atomic E-state index is 2.53. The minimum atomic E-state index is 0.126. The van der Waals surface area contributed by atoms with Gasteiger partial charge in [-0.1, -0.05) is 146 Å². The van der Waals surface area contributed by atoms with Crippen LogP contribution in [0.5, 0.6) is 0 Å². The van der Waals surface area contributed by atoms with E-state index in [1.54, 1.807) is 0 Å². The molecule has 1 aromatic heterocycles. The third kappa shape index (κ3) is 5.11. The highest BCUT2D eigenvalue weighted by Crippen LogP contribution is 2.40. The Kier molecular flexibility index (Phi) is 7.32. The molecule has 0 N–H and O–H groups in total. The second-order valence-corrected chi connectivity index (χ2v) is 13.7. The van der Waals surface area contributed by atoms with E-state index in [-0.39, 0.29) is 6.04 Å². The second kappa shape index (κ2) is 12.6. The van der Waals surface area contributed by atoms with E-state index in [1.807, 2.05) is 0 Å². The van der Waals surface area contributed by atoms with Gasteiger partial charge in [0, 0.05) is 27.8 Å². The van der Waals surface area contributed by atoms with Gasteiger partial charge in [0.15, 0.2) is 0 Å². The van der Waals surface area contributed by atoms with E-state index in [0.29, 0.717) is 0 Å². The zero-order valence-corrected chi connectivity index (χ0v) is 28.7. The molecule has 1 atom stereocenters. The lowest BCUT2D eigenvalue weighted by atomic mass is 9.90. The molecule has 0 saturated carbocycles. The Morgan fingerprint density at radius 2 is 1.10 bits per heavy atom. The number of allylic oxidation sites excluding steroid dienone is 2. The van der Waals surface area contributed by atoms with Crippen molar-refractivity contribution >= 4 is 60.3 Å². The number of para-hydroxylation sites is 1. The van der Waals surface area contributed by atoms with E-state index in [9.17, 15) is 0 Å². The van der Waals surface area contributed by atoms with E-state index in [2.05, 4.69) is 210 Å². The van der Waals surface area contributed by atoms with Gasteiger partial charge in [0.2, 0.25) is 0 Å². The molecule has 2 heteroatoms. The predicted octanol–water partition coefficient (Wildman–Crippen LogP) is 13.3. The Labute approximate surface area is 303 Å². The number of hydrogen-bond donors (Lipinski definition) is 0. The second-order valence-electron chi connectivity index (χ2n) is 13.7. The third-order valence-corrected chi connectivity index (χ3v) is 10.7. The van der Waals surface area contributed by atoms with Gasteiger partial charge in [0.05, 0.1) is 17.1 Å². The van der Waals surface area contributed by atoms with Crippen molar-refractivity contribution in [2.24, 2.45) is 0 Å². The minimum absolute atomic E-state index is 0.126. The first-order valence-corrected chi connectivity index (χ1v) is 18.1. The highest BCUT2D eigenvalue weighted by Gasteiger charge is 2.26. The predicted molar refractivity (Wildman–Crippen MR) is 222 cm³/mol. The van der Waals surface area contributed by atoms with Crippen molar-refractivity contribution in [1.82, 2.24) is 4.57 Å². The molecule has 52 heavy (non-hydrogen) atoms. The fourth-order valence-electron chi connectivity index (χ4n) is 8.26. The largest absolute Gasteiger partial charge is 0.334 e. The first-order valence-electron chi connectivity index (χ1n) is 18.1. The first kappa shape index (κ1) is 30.2. The first-order chi connectivity index (χ1) is 25.8. The summed E-state index contributed by atoms with van der Waals surface area (Å²) in [6.45, 7) is 0. The summed E-state index contributed by atoms with van der Waals surface area (Å²) in [4.78, 5) is 2.53. The molecular formula is C50H36N2. The number of hydrogen-bond acceptors (Lipinski definition) is 1. The zero-order chi connectivity index (χ0) is 34.4. The summed E-state index contributed by atoms with van der Waals surface area (Å²) in [7, 11) is 0. The summed E-state index contributed by atoms with van der Waals surface area (Å²) in [6, 6.07) is 66.6. The summed E-state index contributed by atoms with van der Waals surface area (Å²) in [5, 5.41) is 7.59. The molecule has 0 fully saturated rings. The van der Waals surface area contributed by atoms with Gasteiger partial charge in [-0.05, 0) is 105 Å². The average Bonchev–Trinajstić information content (AvgIpc) is 3.54.